The van der Waals surface area contributed by atoms with Gasteiger partial charge in [-0.2, -0.15) is 5.10 Å². The average molecular weight is 543 g/mol. The first-order chi connectivity index (χ1) is 14.4. The molecular formula is C22H13BrCl4N2O. The first kappa shape index (κ1) is 20.5. The SMILES string of the molecule is Clc1cc(Cl)c2c(c1)[C@H]1CC(c3ccc(Br)cc3)=NN1[C@H](c1ccc(Cl)c(Cl)c1)O2. The van der Waals surface area contributed by atoms with Crippen molar-refractivity contribution in [2.24, 2.45) is 5.10 Å². The van der Waals surface area contributed by atoms with Gasteiger partial charge in [-0.15, -0.1) is 0 Å². The van der Waals surface area contributed by atoms with Gasteiger partial charge < -0.3 is 4.74 Å². The Bertz CT molecular complexity index is 1180. The summed E-state index contributed by atoms with van der Waals surface area (Å²) in [5, 5.41) is 8.85. The van der Waals surface area contributed by atoms with Crippen molar-refractivity contribution < 1.29 is 4.74 Å². The summed E-state index contributed by atoms with van der Waals surface area (Å²) >= 11 is 28.7. The molecule has 8 heteroatoms. The van der Waals surface area contributed by atoms with Gasteiger partial charge in [0, 0.05) is 27.0 Å². The summed E-state index contributed by atoms with van der Waals surface area (Å²) in [5.74, 6) is 0.616. The molecule has 0 N–H and O–H groups in total. The third kappa shape index (κ3) is 3.59. The molecule has 5 rings (SSSR count). The van der Waals surface area contributed by atoms with Crippen LogP contribution in [0.3, 0.4) is 0 Å². The summed E-state index contributed by atoms with van der Waals surface area (Å²) in [6.45, 7) is 0. The van der Waals surface area contributed by atoms with Crippen LogP contribution in [0.2, 0.25) is 20.1 Å². The molecule has 3 aromatic rings. The third-order valence-electron chi connectivity index (χ3n) is 5.21. The first-order valence-corrected chi connectivity index (χ1v) is 11.4. The Balaban J connectivity index is 1.63. The molecule has 2 heterocycles. The van der Waals surface area contributed by atoms with Crippen LogP contribution in [0.1, 0.15) is 35.4 Å². The zero-order valence-corrected chi connectivity index (χ0v) is 19.9. The van der Waals surface area contributed by atoms with E-state index in [1.165, 1.54) is 0 Å². The molecule has 0 amide bonds. The van der Waals surface area contributed by atoms with Crippen LogP contribution in [0.4, 0.5) is 0 Å². The lowest BCUT2D eigenvalue weighted by molar-refractivity contribution is -0.0189. The highest BCUT2D eigenvalue weighted by Crippen LogP contribution is 2.51. The monoisotopic (exact) mass is 540 g/mol. The third-order valence-corrected chi connectivity index (χ3v) is 6.98. The molecule has 2 aliphatic heterocycles. The van der Waals surface area contributed by atoms with Crippen molar-refractivity contribution in [3.8, 4) is 5.75 Å². The maximum absolute atomic E-state index is 6.50. The highest BCUT2D eigenvalue weighted by molar-refractivity contribution is 9.10. The molecule has 30 heavy (non-hydrogen) atoms. The van der Waals surface area contributed by atoms with Crippen molar-refractivity contribution in [3.63, 3.8) is 0 Å². The van der Waals surface area contributed by atoms with E-state index in [0.717, 1.165) is 26.9 Å². The van der Waals surface area contributed by atoms with Gasteiger partial charge in [-0.05, 0) is 42.0 Å². The molecule has 0 fully saturated rings. The standard InChI is InChI=1S/C22H13BrCl4N2O/c23-13-4-1-11(2-5-13)19-10-20-15-8-14(24)9-18(27)21(15)30-22(29(20)28-19)12-3-6-16(25)17(26)7-12/h1-9,20,22H,10H2/t20-,22+/m1/s1. The van der Waals surface area contributed by atoms with Gasteiger partial charge in [-0.25, -0.2) is 5.01 Å². The molecule has 3 aromatic carbocycles. The van der Waals surface area contributed by atoms with Crippen LogP contribution in [0, 0.1) is 0 Å². The Morgan fingerprint density at radius 2 is 1.67 bits per heavy atom. The predicted molar refractivity (Wildman–Crippen MR) is 126 cm³/mol. The summed E-state index contributed by atoms with van der Waals surface area (Å²) < 4.78 is 7.35. The van der Waals surface area contributed by atoms with Crippen LogP contribution in [-0.4, -0.2) is 10.7 Å². The van der Waals surface area contributed by atoms with E-state index < -0.39 is 6.23 Å². The van der Waals surface area contributed by atoms with Crippen LogP contribution >= 0.6 is 62.3 Å². The minimum absolute atomic E-state index is 0.0666. The van der Waals surface area contributed by atoms with Crippen LogP contribution < -0.4 is 4.74 Å². The molecule has 0 bridgehead atoms. The summed E-state index contributed by atoms with van der Waals surface area (Å²) in [5.41, 5.74) is 3.77. The first-order valence-electron chi connectivity index (χ1n) is 9.13. The van der Waals surface area contributed by atoms with E-state index in [1.807, 2.05) is 41.4 Å². The molecule has 2 atom stereocenters. The zero-order chi connectivity index (χ0) is 21.0. The molecule has 3 nitrogen and oxygen atoms in total. The fourth-order valence-electron chi connectivity index (χ4n) is 3.82. The van der Waals surface area contributed by atoms with E-state index in [9.17, 15) is 0 Å². The van der Waals surface area contributed by atoms with Crippen LogP contribution in [0.25, 0.3) is 0 Å². The van der Waals surface area contributed by atoms with Crippen LogP contribution in [0.15, 0.2) is 64.2 Å². The van der Waals surface area contributed by atoms with Gasteiger partial charge in [0.2, 0.25) is 6.23 Å². The summed E-state index contributed by atoms with van der Waals surface area (Å²) in [6.07, 6.45) is 0.204. The summed E-state index contributed by atoms with van der Waals surface area (Å²) in [7, 11) is 0. The second-order valence-electron chi connectivity index (χ2n) is 7.10. The molecule has 2 aliphatic rings. The molecule has 152 valence electrons. The number of hydrazone groups is 1. The van der Waals surface area contributed by atoms with E-state index in [2.05, 4.69) is 15.9 Å². The zero-order valence-electron chi connectivity index (χ0n) is 15.3. The number of benzene rings is 3. The minimum Gasteiger partial charge on any atom is -0.463 e. The Kier molecular flexibility index (Phi) is 5.41. The maximum Gasteiger partial charge on any atom is 0.214 e. The number of halogens is 5. The topological polar surface area (TPSA) is 24.8 Å². The Hall–Kier alpha value is -1.43. The molecule has 0 spiro atoms. The Morgan fingerprint density at radius 1 is 0.900 bits per heavy atom. The molecule has 0 aliphatic carbocycles. The number of ether oxygens (including phenoxy) is 1. The normalized spacial score (nSPS) is 19.8. The van der Waals surface area contributed by atoms with Crippen LogP contribution in [-0.2, 0) is 0 Å². The van der Waals surface area contributed by atoms with Crippen molar-refractivity contribution in [2.45, 2.75) is 18.7 Å². The lowest BCUT2D eigenvalue weighted by Crippen LogP contribution is -2.33. The van der Waals surface area contributed by atoms with Gasteiger partial charge in [0.25, 0.3) is 0 Å². The predicted octanol–water partition coefficient (Wildman–Crippen LogP) is 8.31. The highest BCUT2D eigenvalue weighted by atomic mass is 79.9. The van der Waals surface area contributed by atoms with Gasteiger partial charge in [-0.1, -0.05) is 80.5 Å². The number of hydrogen-bond acceptors (Lipinski definition) is 3. The highest BCUT2D eigenvalue weighted by Gasteiger charge is 2.42. The minimum atomic E-state index is -0.496. The van der Waals surface area contributed by atoms with Gasteiger partial charge in [0.05, 0.1) is 26.8 Å². The largest absolute Gasteiger partial charge is 0.463 e. The number of nitrogens with zero attached hydrogens (tertiary/aromatic N) is 2. The second-order valence-corrected chi connectivity index (χ2v) is 9.68. The Morgan fingerprint density at radius 3 is 2.40 bits per heavy atom. The molecule has 0 saturated heterocycles. The smallest absolute Gasteiger partial charge is 0.214 e. The molecule has 0 aromatic heterocycles. The van der Waals surface area contributed by atoms with Crippen molar-refractivity contribution in [1.29, 1.82) is 0 Å². The van der Waals surface area contributed by atoms with E-state index in [-0.39, 0.29) is 6.04 Å². The van der Waals surface area contributed by atoms with Crippen LogP contribution in [0.5, 0.6) is 5.75 Å². The maximum atomic E-state index is 6.50. The number of rotatable bonds is 2. The molecule has 0 radical (unpaired) electrons. The summed E-state index contributed by atoms with van der Waals surface area (Å²) in [4.78, 5) is 0. The molecular weight excluding hydrogens is 530 g/mol. The lowest BCUT2D eigenvalue weighted by Gasteiger charge is -2.38. The van der Waals surface area contributed by atoms with Gasteiger partial charge in [0.1, 0.15) is 5.75 Å². The van der Waals surface area contributed by atoms with E-state index in [4.69, 9.17) is 56.2 Å². The van der Waals surface area contributed by atoms with E-state index in [1.54, 1.807) is 18.2 Å². The quantitative estimate of drug-likeness (QED) is 0.325. The average Bonchev–Trinajstić information content (AvgIpc) is 3.16. The van der Waals surface area contributed by atoms with Gasteiger partial charge in [-0.3, -0.25) is 0 Å². The lowest BCUT2D eigenvalue weighted by atomic mass is 9.96. The second kappa shape index (κ2) is 7.92. The molecule has 0 saturated carbocycles. The fourth-order valence-corrected chi connectivity index (χ4v) is 4.94. The van der Waals surface area contributed by atoms with Crippen molar-refractivity contribution in [3.05, 3.63) is 95.9 Å². The van der Waals surface area contributed by atoms with E-state index >= 15 is 0 Å². The van der Waals surface area contributed by atoms with Crippen molar-refractivity contribution in [1.82, 2.24) is 5.01 Å². The van der Waals surface area contributed by atoms with Gasteiger partial charge >= 0.3 is 0 Å². The Labute approximate surface area is 202 Å². The number of hydrogen-bond donors (Lipinski definition) is 0. The fraction of sp³-hybridized carbons (Fsp3) is 0.136. The number of fused-ring (bicyclic) bond motifs is 3. The van der Waals surface area contributed by atoms with Crippen molar-refractivity contribution in [2.75, 3.05) is 0 Å². The molecule has 0 unspecified atom stereocenters. The van der Waals surface area contributed by atoms with E-state index in [0.29, 0.717) is 32.3 Å². The van der Waals surface area contributed by atoms with Gasteiger partial charge in [0.15, 0.2) is 0 Å². The van der Waals surface area contributed by atoms with Crippen molar-refractivity contribution >= 4 is 68.0 Å². The summed E-state index contributed by atoms with van der Waals surface area (Å²) in [6, 6.07) is 17.1.